The highest BCUT2D eigenvalue weighted by Gasteiger charge is 2.16. The summed E-state index contributed by atoms with van der Waals surface area (Å²) < 4.78 is 7.71. The summed E-state index contributed by atoms with van der Waals surface area (Å²) in [6.07, 6.45) is 2.12. The maximum Gasteiger partial charge on any atom is 0.0662 e. The van der Waals surface area contributed by atoms with Crippen LogP contribution in [-0.2, 0) is 11.8 Å². The van der Waals surface area contributed by atoms with E-state index in [-0.39, 0.29) is 0 Å². The molecule has 1 saturated heterocycles. The van der Waals surface area contributed by atoms with Crippen LogP contribution in [0.2, 0.25) is 0 Å². The number of aromatic nitrogens is 1. The molecule has 0 saturated carbocycles. The van der Waals surface area contributed by atoms with Gasteiger partial charge in [-0.05, 0) is 30.2 Å². The average molecular weight is 230 g/mol. The van der Waals surface area contributed by atoms with E-state index in [4.69, 9.17) is 4.74 Å². The zero-order chi connectivity index (χ0) is 11.8. The number of fused-ring (bicyclic) bond motifs is 1. The van der Waals surface area contributed by atoms with Crippen molar-refractivity contribution >= 4 is 10.9 Å². The molecule has 90 valence electrons. The highest BCUT2D eigenvalue weighted by molar-refractivity contribution is 5.84. The first-order chi connectivity index (χ1) is 8.25. The molecule has 1 atom stereocenters. The molecule has 1 aliphatic rings. The summed E-state index contributed by atoms with van der Waals surface area (Å²) in [5, 5.41) is 4.82. The van der Waals surface area contributed by atoms with Gasteiger partial charge in [-0.25, -0.2) is 0 Å². The van der Waals surface area contributed by atoms with E-state index in [1.165, 1.54) is 22.0 Å². The maximum absolute atomic E-state index is 5.53. The van der Waals surface area contributed by atoms with E-state index < -0.39 is 0 Å². The fourth-order valence-electron chi connectivity index (χ4n) is 2.69. The number of nitrogens with zero attached hydrogens (tertiary/aromatic N) is 1. The molecular formula is C14H18N2O. The Kier molecular flexibility index (Phi) is 2.65. The number of rotatable bonds is 1. The van der Waals surface area contributed by atoms with Crippen LogP contribution in [0, 0.1) is 6.92 Å². The second-order valence-electron chi connectivity index (χ2n) is 4.78. The van der Waals surface area contributed by atoms with Crippen molar-refractivity contribution in [2.24, 2.45) is 7.05 Å². The molecule has 2 aromatic rings. The summed E-state index contributed by atoms with van der Waals surface area (Å²) in [6.45, 7) is 4.72. The molecular weight excluding hydrogens is 212 g/mol. The van der Waals surface area contributed by atoms with Crippen molar-refractivity contribution in [1.29, 1.82) is 0 Å². The van der Waals surface area contributed by atoms with E-state index in [2.05, 4.69) is 48.3 Å². The van der Waals surface area contributed by atoms with Gasteiger partial charge < -0.3 is 14.6 Å². The highest BCUT2D eigenvalue weighted by atomic mass is 16.5. The van der Waals surface area contributed by atoms with Crippen LogP contribution in [0.3, 0.4) is 0 Å². The summed E-state index contributed by atoms with van der Waals surface area (Å²) in [6, 6.07) is 7.06. The lowest BCUT2D eigenvalue weighted by molar-refractivity contribution is 0.0769. The first kappa shape index (κ1) is 10.8. The lowest BCUT2D eigenvalue weighted by Crippen LogP contribution is -2.34. The molecule has 1 unspecified atom stereocenters. The molecule has 0 aliphatic carbocycles. The first-order valence-corrected chi connectivity index (χ1v) is 6.12. The molecule has 3 rings (SSSR count). The molecule has 0 amide bonds. The summed E-state index contributed by atoms with van der Waals surface area (Å²) in [4.78, 5) is 0. The second kappa shape index (κ2) is 4.17. The van der Waals surface area contributed by atoms with Crippen molar-refractivity contribution in [2.75, 3.05) is 19.8 Å². The van der Waals surface area contributed by atoms with Crippen LogP contribution < -0.4 is 5.32 Å². The number of benzene rings is 1. The second-order valence-corrected chi connectivity index (χ2v) is 4.78. The minimum Gasteiger partial charge on any atom is -0.378 e. The third-order valence-corrected chi connectivity index (χ3v) is 3.51. The molecule has 1 aromatic carbocycles. The van der Waals surface area contributed by atoms with Gasteiger partial charge in [0.15, 0.2) is 0 Å². The topological polar surface area (TPSA) is 26.2 Å². The van der Waals surface area contributed by atoms with Gasteiger partial charge in [-0.2, -0.15) is 0 Å². The van der Waals surface area contributed by atoms with Crippen molar-refractivity contribution in [3.8, 4) is 0 Å². The third kappa shape index (κ3) is 1.85. The number of nitrogens with one attached hydrogen (secondary N) is 1. The Morgan fingerprint density at radius 3 is 3.06 bits per heavy atom. The standard InChI is InChI=1S/C14H18N2O/c1-10-7-12(13-9-17-6-4-15-13)8-11-3-5-16(2)14(10)11/h3,5,7-8,13,15H,4,6,9H2,1-2H3. The van der Waals surface area contributed by atoms with Crippen LogP contribution in [-0.4, -0.2) is 24.3 Å². The maximum atomic E-state index is 5.53. The van der Waals surface area contributed by atoms with Crippen LogP contribution in [0.5, 0.6) is 0 Å². The predicted octanol–water partition coefficient (Wildman–Crippen LogP) is 2.15. The molecule has 0 radical (unpaired) electrons. The summed E-state index contributed by atoms with van der Waals surface area (Å²) in [5.41, 5.74) is 3.99. The third-order valence-electron chi connectivity index (χ3n) is 3.51. The molecule has 1 aromatic heterocycles. The van der Waals surface area contributed by atoms with Gasteiger partial charge in [0.2, 0.25) is 0 Å². The van der Waals surface area contributed by atoms with Crippen molar-refractivity contribution in [2.45, 2.75) is 13.0 Å². The van der Waals surface area contributed by atoms with Gasteiger partial charge in [0.25, 0.3) is 0 Å². The van der Waals surface area contributed by atoms with Crippen LogP contribution in [0.1, 0.15) is 17.2 Å². The van der Waals surface area contributed by atoms with E-state index in [0.29, 0.717) is 6.04 Å². The number of hydrogen-bond donors (Lipinski definition) is 1. The van der Waals surface area contributed by atoms with E-state index in [9.17, 15) is 0 Å². The van der Waals surface area contributed by atoms with Gasteiger partial charge in [-0.3, -0.25) is 0 Å². The molecule has 3 nitrogen and oxygen atoms in total. The fraction of sp³-hybridized carbons (Fsp3) is 0.429. The van der Waals surface area contributed by atoms with Crippen molar-refractivity contribution in [3.05, 3.63) is 35.5 Å². The monoisotopic (exact) mass is 230 g/mol. The van der Waals surface area contributed by atoms with E-state index >= 15 is 0 Å². The van der Waals surface area contributed by atoms with Gasteiger partial charge in [-0.1, -0.05) is 6.07 Å². The van der Waals surface area contributed by atoms with Crippen LogP contribution in [0.4, 0.5) is 0 Å². The number of hydrogen-bond acceptors (Lipinski definition) is 2. The molecule has 0 bridgehead atoms. The Hall–Kier alpha value is -1.32. The SMILES string of the molecule is Cc1cc(C2COCCN2)cc2ccn(C)c12. The number of ether oxygens (including phenoxy) is 1. The fourth-order valence-corrected chi connectivity index (χ4v) is 2.69. The van der Waals surface area contributed by atoms with E-state index in [1.807, 2.05) is 0 Å². The minimum absolute atomic E-state index is 0.340. The molecule has 17 heavy (non-hydrogen) atoms. The van der Waals surface area contributed by atoms with E-state index in [1.54, 1.807) is 0 Å². The van der Waals surface area contributed by atoms with Crippen LogP contribution >= 0.6 is 0 Å². The van der Waals surface area contributed by atoms with Crippen molar-refractivity contribution < 1.29 is 4.74 Å². The smallest absolute Gasteiger partial charge is 0.0662 e. The summed E-state index contributed by atoms with van der Waals surface area (Å²) >= 11 is 0. The average Bonchev–Trinajstić information content (AvgIpc) is 2.73. The van der Waals surface area contributed by atoms with Gasteiger partial charge >= 0.3 is 0 Å². The Bertz CT molecular complexity index is 538. The van der Waals surface area contributed by atoms with Crippen LogP contribution in [0.25, 0.3) is 10.9 Å². The lowest BCUT2D eigenvalue weighted by Gasteiger charge is -2.24. The van der Waals surface area contributed by atoms with Gasteiger partial charge in [0.1, 0.15) is 0 Å². The quantitative estimate of drug-likeness (QED) is 0.812. The molecule has 1 N–H and O–H groups in total. The largest absolute Gasteiger partial charge is 0.378 e. The molecule has 1 aliphatic heterocycles. The van der Waals surface area contributed by atoms with Crippen LogP contribution in [0.15, 0.2) is 24.4 Å². The van der Waals surface area contributed by atoms with Gasteiger partial charge in [0, 0.05) is 25.2 Å². The van der Waals surface area contributed by atoms with Crippen molar-refractivity contribution in [1.82, 2.24) is 9.88 Å². The number of morpholine rings is 1. The van der Waals surface area contributed by atoms with Crippen molar-refractivity contribution in [3.63, 3.8) is 0 Å². The minimum atomic E-state index is 0.340. The Balaban J connectivity index is 2.05. The Morgan fingerprint density at radius 2 is 2.29 bits per heavy atom. The normalized spacial score (nSPS) is 20.9. The van der Waals surface area contributed by atoms with Gasteiger partial charge in [-0.15, -0.1) is 0 Å². The zero-order valence-corrected chi connectivity index (χ0v) is 10.4. The first-order valence-electron chi connectivity index (χ1n) is 6.12. The summed E-state index contributed by atoms with van der Waals surface area (Å²) in [7, 11) is 2.09. The Labute approximate surface area is 101 Å². The summed E-state index contributed by atoms with van der Waals surface area (Å²) in [5.74, 6) is 0. The molecule has 3 heteroatoms. The van der Waals surface area contributed by atoms with E-state index in [0.717, 1.165) is 19.8 Å². The Morgan fingerprint density at radius 1 is 1.41 bits per heavy atom. The highest BCUT2D eigenvalue weighted by Crippen LogP contribution is 2.25. The van der Waals surface area contributed by atoms with Gasteiger partial charge in [0.05, 0.1) is 24.8 Å². The molecule has 1 fully saturated rings. The molecule has 2 heterocycles. The predicted molar refractivity (Wildman–Crippen MR) is 69.2 cm³/mol. The lowest BCUT2D eigenvalue weighted by atomic mass is 10.0. The number of aryl methyl sites for hydroxylation is 2. The zero-order valence-electron chi connectivity index (χ0n) is 10.4. The molecule has 0 spiro atoms.